The first kappa shape index (κ1) is 15.1. The van der Waals surface area contributed by atoms with Crippen LogP contribution in [0.5, 0.6) is 5.75 Å². The average molecular weight is 319 g/mol. The lowest BCUT2D eigenvalue weighted by Gasteiger charge is -2.39. The fraction of sp³-hybridized carbons (Fsp3) is 0.375. The molecule has 3 rings (SSSR count). The van der Waals surface area contributed by atoms with Crippen LogP contribution in [0, 0.1) is 0 Å². The van der Waals surface area contributed by atoms with Crippen molar-refractivity contribution >= 4 is 17.5 Å². The second-order valence-corrected chi connectivity index (χ2v) is 6.06. The van der Waals surface area contributed by atoms with Gasteiger partial charge < -0.3 is 9.64 Å². The van der Waals surface area contributed by atoms with Crippen LogP contribution in [0.4, 0.5) is 5.95 Å². The summed E-state index contributed by atoms with van der Waals surface area (Å²) in [6.45, 7) is 2.62. The Balaban J connectivity index is 1.48. The summed E-state index contributed by atoms with van der Waals surface area (Å²) in [6.07, 6.45) is 3.96. The summed E-state index contributed by atoms with van der Waals surface area (Å²) in [4.78, 5) is 12.8. The predicted octanol–water partition coefficient (Wildman–Crippen LogP) is 2.46. The lowest BCUT2D eigenvalue weighted by molar-refractivity contribution is 0.0145. The third kappa shape index (κ3) is 3.48. The molecule has 2 heterocycles. The zero-order valence-corrected chi connectivity index (χ0v) is 13.5. The number of ether oxygens (including phenoxy) is 1. The number of para-hydroxylation sites is 1. The van der Waals surface area contributed by atoms with Crippen LogP contribution < -0.4 is 9.64 Å². The number of rotatable bonds is 5. The molecule has 5 nitrogen and oxygen atoms in total. The molecule has 0 unspecified atom stereocenters. The first-order chi connectivity index (χ1) is 10.6. The molecule has 22 heavy (non-hydrogen) atoms. The molecule has 0 atom stereocenters. The van der Waals surface area contributed by atoms with Gasteiger partial charge in [-0.05, 0) is 12.1 Å². The van der Waals surface area contributed by atoms with Crippen molar-refractivity contribution in [3.63, 3.8) is 0 Å². The quantitative estimate of drug-likeness (QED) is 0.847. The van der Waals surface area contributed by atoms with Gasteiger partial charge in [-0.25, -0.2) is 9.97 Å². The van der Waals surface area contributed by atoms with Crippen LogP contribution in [-0.4, -0.2) is 48.2 Å². The molecule has 0 radical (unpaired) electrons. The third-order valence-electron chi connectivity index (χ3n) is 3.55. The highest BCUT2D eigenvalue weighted by Gasteiger charge is 2.28. The van der Waals surface area contributed by atoms with Gasteiger partial charge in [0.05, 0.1) is 5.02 Å². The summed E-state index contributed by atoms with van der Waals surface area (Å²) >= 11 is 6.10. The van der Waals surface area contributed by atoms with Crippen LogP contribution in [0.1, 0.15) is 5.56 Å². The number of likely N-dealkylation sites (tertiary alicyclic amines) is 1. The van der Waals surface area contributed by atoms with E-state index in [1.165, 1.54) is 0 Å². The molecule has 1 saturated heterocycles. The summed E-state index contributed by atoms with van der Waals surface area (Å²) in [5, 5.41) is 0.661. The Bertz CT molecular complexity index is 626. The Morgan fingerprint density at radius 2 is 1.91 bits per heavy atom. The van der Waals surface area contributed by atoms with E-state index in [4.69, 9.17) is 16.3 Å². The molecule has 0 aliphatic carbocycles. The zero-order chi connectivity index (χ0) is 15.5. The highest BCUT2D eigenvalue weighted by Crippen LogP contribution is 2.26. The van der Waals surface area contributed by atoms with Gasteiger partial charge in [0.15, 0.2) is 0 Å². The highest BCUT2D eigenvalue weighted by atomic mass is 35.5. The van der Waals surface area contributed by atoms with Crippen molar-refractivity contribution in [2.45, 2.75) is 12.6 Å². The molecule has 0 saturated carbocycles. The van der Waals surface area contributed by atoms with Crippen LogP contribution in [0.2, 0.25) is 5.02 Å². The first-order valence-corrected chi connectivity index (χ1v) is 7.61. The third-order valence-corrected chi connectivity index (χ3v) is 3.86. The average Bonchev–Trinajstić information content (AvgIpc) is 2.47. The summed E-state index contributed by atoms with van der Waals surface area (Å²) in [6, 6.07) is 7.58. The predicted molar refractivity (Wildman–Crippen MR) is 87.5 cm³/mol. The number of nitrogens with zero attached hydrogens (tertiary/aromatic N) is 4. The Hall–Kier alpha value is -1.85. The second-order valence-electron chi connectivity index (χ2n) is 5.65. The SMILES string of the molecule is CN(C)c1ncc(CN2CC(Oc3ccccc3Cl)C2)cn1. The van der Waals surface area contributed by atoms with Crippen LogP contribution >= 0.6 is 11.6 Å². The van der Waals surface area contributed by atoms with Crippen molar-refractivity contribution < 1.29 is 4.74 Å². The molecular formula is C16H19ClN4O. The number of aromatic nitrogens is 2. The summed E-state index contributed by atoms with van der Waals surface area (Å²) in [5.74, 6) is 1.49. The smallest absolute Gasteiger partial charge is 0.224 e. The van der Waals surface area contributed by atoms with Crippen LogP contribution in [-0.2, 0) is 6.54 Å². The van der Waals surface area contributed by atoms with Gasteiger partial charge in [0, 0.05) is 51.7 Å². The normalized spacial score (nSPS) is 15.4. The monoisotopic (exact) mass is 318 g/mol. The fourth-order valence-electron chi connectivity index (χ4n) is 2.36. The number of hydrogen-bond donors (Lipinski definition) is 0. The number of hydrogen-bond acceptors (Lipinski definition) is 5. The molecule has 0 spiro atoms. The van der Waals surface area contributed by atoms with Gasteiger partial charge in [0.25, 0.3) is 0 Å². The Morgan fingerprint density at radius 1 is 1.23 bits per heavy atom. The summed E-state index contributed by atoms with van der Waals surface area (Å²) < 4.78 is 5.89. The molecule has 116 valence electrons. The van der Waals surface area contributed by atoms with Crippen molar-refractivity contribution in [2.24, 2.45) is 0 Å². The number of anilines is 1. The van der Waals surface area contributed by atoms with E-state index in [-0.39, 0.29) is 6.10 Å². The first-order valence-electron chi connectivity index (χ1n) is 7.23. The van der Waals surface area contributed by atoms with Crippen molar-refractivity contribution in [3.8, 4) is 5.75 Å². The molecule has 6 heteroatoms. The molecule has 1 aliphatic rings. The molecule has 1 fully saturated rings. The summed E-state index contributed by atoms with van der Waals surface area (Å²) in [5.41, 5.74) is 1.11. The van der Waals surface area contributed by atoms with Gasteiger partial charge in [-0.3, -0.25) is 4.90 Å². The largest absolute Gasteiger partial charge is 0.486 e. The second kappa shape index (κ2) is 6.50. The summed E-state index contributed by atoms with van der Waals surface area (Å²) in [7, 11) is 3.86. The molecule has 1 aromatic carbocycles. The van der Waals surface area contributed by atoms with E-state index in [9.17, 15) is 0 Å². The molecule has 1 aromatic heterocycles. The van der Waals surface area contributed by atoms with Gasteiger partial charge in [0.1, 0.15) is 11.9 Å². The topological polar surface area (TPSA) is 41.5 Å². The minimum Gasteiger partial charge on any atom is -0.486 e. The number of benzene rings is 1. The van der Waals surface area contributed by atoms with Gasteiger partial charge in [-0.15, -0.1) is 0 Å². The Morgan fingerprint density at radius 3 is 2.55 bits per heavy atom. The van der Waals surface area contributed by atoms with E-state index in [0.29, 0.717) is 5.02 Å². The Kier molecular flexibility index (Phi) is 4.45. The Labute approximate surface area is 135 Å². The molecule has 0 bridgehead atoms. The zero-order valence-electron chi connectivity index (χ0n) is 12.7. The molecule has 2 aromatic rings. The van der Waals surface area contributed by atoms with Crippen molar-refractivity contribution in [3.05, 3.63) is 47.2 Å². The van der Waals surface area contributed by atoms with Gasteiger partial charge >= 0.3 is 0 Å². The lowest BCUT2D eigenvalue weighted by Crippen LogP contribution is -2.53. The fourth-order valence-corrected chi connectivity index (χ4v) is 2.55. The highest BCUT2D eigenvalue weighted by molar-refractivity contribution is 6.32. The van der Waals surface area contributed by atoms with E-state index in [1.807, 2.05) is 55.7 Å². The molecule has 0 N–H and O–H groups in total. The van der Waals surface area contributed by atoms with Crippen molar-refractivity contribution in [1.29, 1.82) is 0 Å². The maximum atomic E-state index is 6.10. The van der Waals surface area contributed by atoms with Crippen LogP contribution in [0.3, 0.4) is 0 Å². The van der Waals surface area contributed by atoms with E-state index < -0.39 is 0 Å². The molecule has 1 aliphatic heterocycles. The standard InChI is InChI=1S/C16H19ClN4O/c1-20(2)16-18-7-12(8-19-16)9-21-10-13(11-21)22-15-6-4-3-5-14(15)17/h3-8,13H,9-11H2,1-2H3. The van der Waals surface area contributed by atoms with E-state index in [2.05, 4.69) is 14.9 Å². The van der Waals surface area contributed by atoms with Crippen molar-refractivity contribution in [2.75, 3.05) is 32.1 Å². The van der Waals surface area contributed by atoms with E-state index in [0.717, 1.165) is 36.9 Å². The van der Waals surface area contributed by atoms with Gasteiger partial charge in [0.2, 0.25) is 5.95 Å². The minimum atomic E-state index is 0.196. The van der Waals surface area contributed by atoms with E-state index in [1.54, 1.807) is 0 Å². The van der Waals surface area contributed by atoms with Gasteiger partial charge in [-0.2, -0.15) is 0 Å². The number of halogens is 1. The maximum absolute atomic E-state index is 6.10. The van der Waals surface area contributed by atoms with Crippen LogP contribution in [0.25, 0.3) is 0 Å². The molecular weight excluding hydrogens is 300 g/mol. The van der Waals surface area contributed by atoms with Crippen LogP contribution in [0.15, 0.2) is 36.7 Å². The lowest BCUT2D eigenvalue weighted by atomic mass is 10.1. The minimum absolute atomic E-state index is 0.196. The molecule has 0 amide bonds. The maximum Gasteiger partial charge on any atom is 0.224 e. The van der Waals surface area contributed by atoms with Gasteiger partial charge in [-0.1, -0.05) is 23.7 Å². The van der Waals surface area contributed by atoms with Crippen molar-refractivity contribution in [1.82, 2.24) is 14.9 Å². The van der Waals surface area contributed by atoms with E-state index >= 15 is 0 Å².